The molecule has 0 saturated carbocycles. The number of benzene rings is 2. The first-order valence-corrected chi connectivity index (χ1v) is 9.35. The molecule has 0 saturated heterocycles. The van der Waals surface area contributed by atoms with Crippen LogP contribution in [-0.2, 0) is 5.41 Å². The van der Waals surface area contributed by atoms with Crippen molar-refractivity contribution in [1.29, 1.82) is 0 Å². The number of aryl methyl sites for hydroxylation is 2. The van der Waals surface area contributed by atoms with Gasteiger partial charge in [0, 0.05) is 5.56 Å². The van der Waals surface area contributed by atoms with Crippen LogP contribution in [0.15, 0.2) is 42.5 Å². The van der Waals surface area contributed by atoms with Crippen molar-refractivity contribution in [1.82, 2.24) is 0 Å². The Labute approximate surface area is 167 Å². The molecule has 0 aliphatic rings. The van der Waals surface area contributed by atoms with Gasteiger partial charge in [0.05, 0.1) is 0 Å². The van der Waals surface area contributed by atoms with E-state index in [-0.39, 0.29) is 36.6 Å². The van der Waals surface area contributed by atoms with E-state index in [1.165, 1.54) is 12.1 Å². The average Bonchev–Trinajstić information content (AvgIpc) is 2.48. The second-order valence-corrected chi connectivity index (χ2v) is 9.21. The van der Waals surface area contributed by atoms with Gasteiger partial charge in [-0.1, -0.05) is 63.2 Å². The van der Waals surface area contributed by atoms with E-state index in [1.54, 1.807) is 44.2 Å². The first-order chi connectivity index (χ1) is 11.4. The Hall–Kier alpha value is -1.07. The largest absolute Gasteiger partial charge is 1.00 e. The molecule has 2 aromatic rings. The summed E-state index contributed by atoms with van der Waals surface area (Å²) in [6, 6.07) is 11.3. The van der Waals surface area contributed by atoms with Gasteiger partial charge in [0.15, 0.2) is 5.52 Å². The molecule has 0 aliphatic carbocycles. The summed E-state index contributed by atoms with van der Waals surface area (Å²) in [6.45, 7) is 9.38. The van der Waals surface area contributed by atoms with E-state index in [2.05, 4.69) is 0 Å². The Morgan fingerprint density at radius 3 is 1.81 bits per heavy atom. The Bertz CT molecular complexity index is 763. The maximum absolute atomic E-state index is 13.8. The van der Waals surface area contributed by atoms with Crippen LogP contribution in [0.5, 0.6) is 0 Å². The molecule has 1 unspecified atom stereocenters. The van der Waals surface area contributed by atoms with E-state index in [0.29, 0.717) is 11.1 Å². The van der Waals surface area contributed by atoms with Crippen molar-refractivity contribution in [2.24, 2.45) is 0 Å². The minimum atomic E-state index is -4.58. The molecule has 0 heterocycles. The van der Waals surface area contributed by atoms with Gasteiger partial charge in [0.25, 0.3) is 0 Å². The molecule has 1 nitrogen and oxygen atoms in total. The molecule has 0 bridgehead atoms. The molecule has 0 aliphatic heterocycles. The molecule has 6 heteroatoms. The molecule has 0 spiro atoms. The Balaban J connectivity index is 0.00000338. The number of hydrogen-bond acceptors (Lipinski definition) is 1. The average molecular weight is 374 g/mol. The van der Waals surface area contributed by atoms with E-state index < -0.39 is 19.4 Å². The summed E-state index contributed by atoms with van der Waals surface area (Å²) in [5, 5.41) is 0.129. The molecule has 2 rings (SSSR count). The third kappa shape index (κ3) is 5.01. The van der Waals surface area contributed by atoms with Crippen molar-refractivity contribution in [2.45, 2.75) is 46.0 Å². The fourth-order valence-electron chi connectivity index (χ4n) is 2.79. The maximum atomic E-state index is 13.8. The Morgan fingerprint density at radius 1 is 0.962 bits per heavy atom. The zero-order chi connectivity index (χ0) is 19.0. The molecule has 0 aromatic heterocycles. The predicted molar refractivity (Wildman–Crippen MR) is 99.1 cm³/mol. The predicted octanol–water partition coefficient (Wildman–Crippen LogP) is 3.18. The van der Waals surface area contributed by atoms with Crippen LogP contribution in [0.2, 0.25) is 0 Å². The summed E-state index contributed by atoms with van der Waals surface area (Å²) in [5.74, 6) is -4.58. The first kappa shape index (κ1) is 23.0. The summed E-state index contributed by atoms with van der Waals surface area (Å²) in [7, 11) is -2.96. The summed E-state index contributed by atoms with van der Waals surface area (Å²) in [4.78, 5) is 12.7. The number of halogens is 3. The third-order valence-electron chi connectivity index (χ3n) is 4.06. The zero-order valence-corrected chi connectivity index (χ0v) is 16.9. The fraction of sp³-hybridized carbons (Fsp3) is 0.350. The number of hydrogen-bond donors (Lipinski definition) is 0. The first-order valence-electron chi connectivity index (χ1n) is 8.01. The minimum Gasteiger partial charge on any atom is -1.00 e. The van der Waals surface area contributed by atoms with Crippen LogP contribution in [0.3, 0.4) is 0 Å². The Morgan fingerprint density at radius 2 is 1.42 bits per heavy atom. The summed E-state index contributed by atoms with van der Waals surface area (Å²) >= 11 is 0. The molecule has 26 heavy (non-hydrogen) atoms. The van der Waals surface area contributed by atoms with Crippen molar-refractivity contribution in [3.63, 3.8) is 0 Å². The van der Waals surface area contributed by atoms with Crippen LogP contribution in [0.1, 0.15) is 49.2 Å². The van der Waals surface area contributed by atoms with E-state index in [9.17, 15) is 18.0 Å². The van der Waals surface area contributed by atoms with Gasteiger partial charge in [-0.2, -0.15) is 13.2 Å². The third-order valence-corrected chi connectivity index (χ3v) is 6.38. The van der Waals surface area contributed by atoms with Crippen LogP contribution >= 0.6 is 7.92 Å². The summed E-state index contributed by atoms with van der Waals surface area (Å²) in [6.07, 6.45) is 0. The SMILES string of the molecule is Cc1cc(C(C)(C)C)cc(C)c1P(C(=O)c1ccccc1)C(F)(F)F.[H-].[Li+]. The van der Waals surface area contributed by atoms with Gasteiger partial charge in [0.1, 0.15) is 7.92 Å². The van der Waals surface area contributed by atoms with E-state index in [0.717, 1.165) is 5.56 Å². The topological polar surface area (TPSA) is 17.1 Å². The molecular weight excluding hydrogens is 351 g/mol. The number of alkyl halides is 3. The Kier molecular flexibility index (Phi) is 7.33. The van der Waals surface area contributed by atoms with Gasteiger partial charge >= 0.3 is 24.8 Å². The second-order valence-electron chi connectivity index (χ2n) is 7.18. The second kappa shape index (κ2) is 8.30. The van der Waals surface area contributed by atoms with Crippen molar-refractivity contribution >= 4 is 18.8 Å². The zero-order valence-electron chi connectivity index (χ0n) is 17.0. The van der Waals surface area contributed by atoms with Crippen LogP contribution in [0.25, 0.3) is 0 Å². The molecule has 2 aromatic carbocycles. The molecule has 136 valence electrons. The molecule has 1 atom stereocenters. The summed E-state index contributed by atoms with van der Waals surface area (Å²) in [5.41, 5.74) is 1.10. The van der Waals surface area contributed by atoms with Crippen molar-refractivity contribution in [2.75, 3.05) is 0 Å². The number of carbonyl (C=O) groups is 1. The van der Waals surface area contributed by atoms with E-state index in [1.807, 2.05) is 20.8 Å². The van der Waals surface area contributed by atoms with Gasteiger partial charge in [0.2, 0.25) is 0 Å². The molecule has 0 fully saturated rings. The number of rotatable bonds is 3. The molecule has 0 radical (unpaired) electrons. The van der Waals surface area contributed by atoms with Crippen LogP contribution in [0, 0.1) is 13.8 Å². The fourth-order valence-corrected chi connectivity index (χ4v) is 4.72. The standard InChI is InChI=1S/C20H22F3OP.Li.H/c1-13-11-16(19(3,4)5)12-14(2)17(13)25(20(21,22)23)18(24)15-9-7-6-8-10-15;;/h6-12H,1-5H3;;/q;+1;-1. The van der Waals surface area contributed by atoms with Crippen molar-refractivity contribution in [3.05, 3.63) is 64.7 Å². The van der Waals surface area contributed by atoms with Crippen LogP contribution in [-0.4, -0.2) is 11.4 Å². The quantitative estimate of drug-likeness (QED) is 0.596. The monoisotopic (exact) mass is 374 g/mol. The van der Waals surface area contributed by atoms with Gasteiger partial charge in [-0.05, 0) is 41.3 Å². The van der Waals surface area contributed by atoms with E-state index in [4.69, 9.17) is 0 Å². The van der Waals surface area contributed by atoms with Crippen molar-refractivity contribution in [3.8, 4) is 0 Å². The van der Waals surface area contributed by atoms with Gasteiger partial charge in [-0.15, -0.1) is 0 Å². The summed E-state index contributed by atoms with van der Waals surface area (Å²) < 4.78 is 41.5. The molecular formula is C20H23F3LiOP. The van der Waals surface area contributed by atoms with Crippen LogP contribution in [0.4, 0.5) is 13.2 Å². The van der Waals surface area contributed by atoms with Gasteiger partial charge in [-0.3, -0.25) is 4.79 Å². The smallest absolute Gasteiger partial charge is 1.00 e. The van der Waals surface area contributed by atoms with E-state index >= 15 is 0 Å². The van der Waals surface area contributed by atoms with Gasteiger partial charge in [-0.25, -0.2) is 0 Å². The number of carbonyl (C=O) groups excluding carboxylic acids is 1. The maximum Gasteiger partial charge on any atom is 1.00 e. The normalized spacial score (nSPS) is 13.1. The van der Waals surface area contributed by atoms with Crippen LogP contribution < -0.4 is 24.2 Å². The molecule has 0 amide bonds. The van der Waals surface area contributed by atoms with Crippen molar-refractivity contribution < 1.29 is 38.3 Å². The van der Waals surface area contributed by atoms with Gasteiger partial charge < -0.3 is 1.43 Å². The minimum absolute atomic E-state index is 0. The molecule has 0 N–H and O–H groups in total.